The van der Waals surface area contributed by atoms with Crippen molar-refractivity contribution in [1.29, 1.82) is 0 Å². The molecule has 6 rings (SSSR count). The van der Waals surface area contributed by atoms with Gasteiger partial charge in [0.15, 0.2) is 9.92 Å². The largest absolute Gasteiger partial charge is 0.475 e. The van der Waals surface area contributed by atoms with Crippen LogP contribution in [0.15, 0.2) is 21.5 Å². The van der Waals surface area contributed by atoms with Crippen LogP contribution in [0.4, 0.5) is 10.5 Å². The van der Waals surface area contributed by atoms with E-state index < -0.39 is 22.1 Å². The van der Waals surface area contributed by atoms with Gasteiger partial charge in [0.25, 0.3) is 0 Å². The van der Waals surface area contributed by atoms with E-state index in [1.807, 2.05) is 0 Å². The van der Waals surface area contributed by atoms with Crippen molar-refractivity contribution < 1.29 is 18.8 Å². The number of nitrogens with two attached hydrogens (primary N) is 1. The molecule has 176 valence electrons. The minimum atomic E-state index is -3.55. The lowest BCUT2D eigenvalue weighted by Gasteiger charge is -2.40. The average Bonchev–Trinajstić information content (AvgIpc) is 3.45. The molecule has 0 spiro atoms. The number of aromatic nitrogens is 2. The highest BCUT2D eigenvalue weighted by Crippen LogP contribution is 2.42. The number of rotatable bonds is 3. The second-order valence-corrected chi connectivity index (χ2v) is 11.1. The molecule has 1 saturated heterocycles. The first kappa shape index (κ1) is 21.1. The van der Waals surface area contributed by atoms with Gasteiger partial charge in [0.05, 0.1) is 24.9 Å². The van der Waals surface area contributed by atoms with Gasteiger partial charge in [-0.3, -0.25) is 4.90 Å². The number of hydrogen-bond acceptors (Lipinski definition) is 6. The van der Waals surface area contributed by atoms with Gasteiger partial charge >= 0.3 is 6.03 Å². The summed E-state index contributed by atoms with van der Waals surface area (Å²) in [6, 6.07) is 1.53. The van der Waals surface area contributed by atoms with Crippen LogP contribution in [0.2, 0.25) is 0 Å². The Kier molecular flexibility index (Phi) is 4.98. The summed E-state index contributed by atoms with van der Waals surface area (Å²) in [7, 11) is -3.55. The minimum absolute atomic E-state index is 0.138. The zero-order chi connectivity index (χ0) is 22.7. The van der Waals surface area contributed by atoms with E-state index in [9.17, 15) is 14.1 Å². The second-order valence-electron chi connectivity index (χ2n) is 9.31. The molecule has 0 saturated carbocycles. The van der Waals surface area contributed by atoms with Crippen LogP contribution in [0.1, 0.15) is 47.6 Å². The number of carbonyl (C=O) groups excluding carboxylic acids is 1. The molecule has 1 aromatic heterocycles. The molecule has 10 nitrogen and oxygen atoms in total. The Labute approximate surface area is 192 Å². The number of nitrogens with one attached hydrogen (secondary N) is 1. The van der Waals surface area contributed by atoms with Crippen LogP contribution in [0.3, 0.4) is 0 Å². The molecule has 2 aliphatic carbocycles. The standard InChI is InChI=1S/C22H28N6O4S/c23-33(31,19-10-24-28-11-14(12-32-21(19)28)27-7-2-8-27)26-22(30)25-20-15-4-1-3-13(15)9-17-16(20)5-6-18(17)29/h9-10,14,18,29H,1-8,11-12H2,(H3,23,25,26,30,31). The number of aliphatic hydroxyl groups is 1. The van der Waals surface area contributed by atoms with Crippen molar-refractivity contribution in [3.05, 3.63) is 34.5 Å². The van der Waals surface area contributed by atoms with Gasteiger partial charge in [0, 0.05) is 5.69 Å². The highest BCUT2D eigenvalue weighted by Gasteiger charge is 2.33. The molecule has 2 aromatic rings. The molecule has 0 radical (unpaired) electrons. The summed E-state index contributed by atoms with van der Waals surface area (Å²) in [6.45, 7) is 3.18. The summed E-state index contributed by atoms with van der Waals surface area (Å²) in [5.74, 6) is 0.320. The maximum atomic E-state index is 13.3. The van der Waals surface area contributed by atoms with Crippen molar-refractivity contribution in [3.63, 3.8) is 0 Å². The molecule has 0 bridgehead atoms. The molecule has 33 heavy (non-hydrogen) atoms. The number of carbonyl (C=O) groups is 1. The summed E-state index contributed by atoms with van der Waals surface area (Å²) in [4.78, 5) is 15.4. The Bertz CT molecular complexity index is 1260. The number of fused-ring (bicyclic) bond motifs is 3. The van der Waals surface area contributed by atoms with Crippen LogP contribution in [-0.4, -0.2) is 55.8 Å². The molecule has 1 fully saturated rings. The fraction of sp³-hybridized carbons (Fsp3) is 0.545. The van der Waals surface area contributed by atoms with Gasteiger partial charge in [0.1, 0.15) is 11.5 Å². The Balaban J connectivity index is 1.28. The molecule has 11 heteroatoms. The molecular weight excluding hydrogens is 444 g/mol. The molecule has 4 N–H and O–H groups in total. The molecule has 2 aliphatic heterocycles. The lowest BCUT2D eigenvalue weighted by molar-refractivity contribution is 0.0417. The summed E-state index contributed by atoms with van der Waals surface area (Å²) in [5, 5.41) is 23.5. The highest BCUT2D eigenvalue weighted by molar-refractivity contribution is 7.91. The van der Waals surface area contributed by atoms with Crippen molar-refractivity contribution in [2.45, 2.75) is 62.1 Å². The van der Waals surface area contributed by atoms with Crippen molar-refractivity contribution in [3.8, 4) is 5.88 Å². The predicted octanol–water partition coefficient (Wildman–Crippen LogP) is 1.75. The van der Waals surface area contributed by atoms with Crippen LogP contribution in [-0.2, 0) is 35.7 Å². The van der Waals surface area contributed by atoms with Gasteiger partial charge in [-0.05, 0) is 73.9 Å². The van der Waals surface area contributed by atoms with Gasteiger partial charge in [-0.2, -0.15) is 5.10 Å². The van der Waals surface area contributed by atoms with Crippen molar-refractivity contribution in [2.75, 3.05) is 25.0 Å². The highest BCUT2D eigenvalue weighted by atomic mass is 32.2. The van der Waals surface area contributed by atoms with E-state index in [0.29, 0.717) is 37.6 Å². The Morgan fingerprint density at radius 2 is 2.12 bits per heavy atom. The first-order valence-electron chi connectivity index (χ1n) is 11.5. The molecule has 4 aliphatic rings. The summed E-state index contributed by atoms with van der Waals surface area (Å²) >= 11 is 0. The first-order chi connectivity index (χ1) is 15.9. The zero-order valence-electron chi connectivity index (χ0n) is 18.3. The summed E-state index contributed by atoms with van der Waals surface area (Å²) in [5.41, 5.74) is 4.74. The van der Waals surface area contributed by atoms with Gasteiger partial charge in [-0.25, -0.2) is 18.8 Å². The Morgan fingerprint density at radius 1 is 1.27 bits per heavy atom. The third-order valence-corrected chi connectivity index (χ3v) is 8.64. The zero-order valence-corrected chi connectivity index (χ0v) is 19.1. The van der Waals surface area contributed by atoms with Crippen LogP contribution in [0.25, 0.3) is 0 Å². The Morgan fingerprint density at radius 3 is 2.91 bits per heavy atom. The maximum Gasteiger partial charge on any atom is 0.354 e. The van der Waals surface area contributed by atoms with E-state index in [4.69, 9.17) is 9.88 Å². The van der Waals surface area contributed by atoms with E-state index in [-0.39, 0.29) is 10.9 Å². The number of nitrogens with zero attached hydrogens (tertiary/aromatic N) is 4. The molecule has 3 heterocycles. The lowest BCUT2D eigenvalue weighted by atomic mass is 9.98. The quantitative estimate of drug-likeness (QED) is 0.623. The molecular formula is C22H28N6O4S. The number of ether oxygens (including phenoxy) is 1. The summed E-state index contributed by atoms with van der Waals surface area (Å²) < 4.78 is 24.7. The lowest BCUT2D eigenvalue weighted by Crippen LogP contribution is -2.51. The number of amides is 2. The average molecular weight is 473 g/mol. The van der Waals surface area contributed by atoms with Crippen LogP contribution >= 0.6 is 0 Å². The number of benzene rings is 1. The van der Waals surface area contributed by atoms with Crippen LogP contribution in [0, 0.1) is 0 Å². The van der Waals surface area contributed by atoms with E-state index in [1.54, 1.807) is 4.68 Å². The van der Waals surface area contributed by atoms with E-state index in [2.05, 4.69) is 25.7 Å². The van der Waals surface area contributed by atoms with Crippen molar-refractivity contribution in [2.24, 2.45) is 9.50 Å². The third-order valence-electron chi connectivity index (χ3n) is 7.30. The molecule has 1 aromatic carbocycles. The fourth-order valence-electron chi connectivity index (χ4n) is 5.46. The van der Waals surface area contributed by atoms with Gasteiger partial charge < -0.3 is 15.2 Å². The molecule has 2 amide bonds. The van der Waals surface area contributed by atoms with Gasteiger partial charge in [-0.15, -0.1) is 4.36 Å². The molecule has 3 unspecified atom stereocenters. The van der Waals surface area contributed by atoms with Crippen molar-refractivity contribution >= 4 is 21.6 Å². The number of aliphatic hydroxyl groups excluding tert-OH is 1. The van der Waals surface area contributed by atoms with Gasteiger partial charge in [0.2, 0.25) is 5.88 Å². The number of aryl methyl sites for hydroxylation is 1. The molecule has 3 atom stereocenters. The topological polar surface area (TPSA) is 135 Å². The smallest absolute Gasteiger partial charge is 0.354 e. The normalized spacial score (nSPS) is 25.3. The van der Waals surface area contributed by atoms with Gasteiger partial charge in [-0.1, -0.05) is 6.07 Å². The predicted molar refractivity (Wildman–Crippen MR) is 121 cm³/mol. The van der Waals surface area contributed by atoms with Crippen LogP contribution < -0.4 is 15.2 Å². The third kappa shape index (κ3) is 3.54. The minimum Gasteiger partial charge on any atom is -0.475 e. The number of anilines is 1. The van der Waals surface area contributed by atoms with E-state index >= 15 is 0 Å². The maximum absolute atomic E-state index is 13.3. The Hall–Kier alpha value is -2.47. The fourth-order valence-corrected chi connectivity index (χ4v) is 6.46. The SMILES string of the molecule is NS(=O)(=NC(=O)Nc1c2c(cc3c1CCC3O)CCC2)c1cnn2c1OCC(N1CCC1)C2. The first-order valence-corrected chi connectivity index (χ1v) is 13.1. The van der Waals surface area contributed by atoms with E-state index in [0.717, 1.165) is 54.6 Å². The number of hydrogen-bond donors (Lipinski definition) is 3. The summed E-state index contributed by atoms with van der Waals surface area (Å²) in [6.07, 6.45) is 6.14. The second kappa shape index (κ2) is 7.79. The number of urea groups is 1. The number of likely N-dealkylation sites (tertiary alicyclic amines) is 1. The monoisotopic (exact) mass is 472 g/mol. The van der Waals surface area contributed by atoms with Crippen molar-refractivity contribution in [1.82, 2.24) is 14.7 Å². The van der Waals surface area contributed by atoms with Crippen LogP contribution in [0.5, 0.6) is 5.88 Å². The van der Waals surface area contributed by atoms with E-state index in [1.165, 1.54) is 12.6 Å².